The summed E-state index contributed by atoms with van der Waals surface area (Å²) in [4.78, 5) is 20.4. The van der Waals surface area contributed by atoms with E-state index >= 15 is 0 Å². The molecule has 7 nitrogen and oxygen atoms in total. The zero-order valence-corrected chi connectivity index (χ0v) is 19.6. The Morgan fingerprint density at radius 1 is 1.00 bits per heavy atom. The summed E-state index contributed by atoms with van der Waals surface area (Å²) in [6.07, 6.45) is 3.02. The first-order chi connectivity index (χ1) is 17.3. The number of amides is 1. The summed E-state index contributed by atoms with van der Waals surface area (Å²) in [5.74, 6) is -0.315. The van der Waals surface area contributed by atoms with E-state index in [0.29, 0.717) is 23.4 Å². The number of carbonyl (C=O) groups excluding carboxylic acids is 1. The highest BCUT2D eigenvalue weighted by atomic mass is 19.4. The Labute approximate surface area is 206 Å². The monoisotopic (exact) mass is 496 g/mol. The molecular weight excluding hydrogens is 469 g/mol. The van der Waals surface area contributed by atoms with E-state index < -0.39 is 17.6 Å². The molecule has 0 saturated carbocycles. The van der Waals surface area contributed by atoms with E-state index in [9.17, 15) is 18.0 Å². The highest BCUT2D eigenvalue weighted by Gasteiger charge is 2.34. The highest BCUT2D eigenvalue weighted by Crippen LogP contribution is 2.35. The van der Waals surface area contributed by atoms with Crippen LogP contribution in [-0.4, -0.2) is 26.8 Å². The van der Waals surface area contributed by atoms with Gasteiger partial charge in [0.15, 0.2) is 5.82 Å². The summed E-state index contributed by atoms with van der Waals surface area (Å²) in [6.45, 7) is 1.72. The molecular formula is C26H27F3N6O. The zero-order valence-electron chi connectivity index (χ0n) is 19.6. The van der Waals surface area contributed by atoms with Gasteiger partial charge in [0.05, 0.1) is 11.8 Å². The van der Waals surface area contributed by atoms with Gasteiger partial charge >= 0.3 is 6.18 Å². The predicted molar refractivity (Wildman–Crippen MR) is 133 cm³/mol. The van der Waals surface area contributed by atoms with Gasteiger partial charge in [0.2, 0.25) is 5.91 Å². The molecule has 4 N–H and O–H groups in total. The summed E-state index contributed by atoms with van der Waals surface area (Å²) in [5.41, 5.74) is 6.99. The Morgan fingerprint density at radius 3 is 2.58 bits per heavy atom. The summed E-state index contributed by atoms with van der Waals surface area (Å²) in [5, 5.41) is 6.18. The number of hydrogen-bond donors (Lipinski definition) is 3. The van der Waals surface area contributed by atoms with E-state index in [1.165, 1.54) is 11.8 Å². The minimum absolute atomic E-state index is 0.131. The number of imidazole rings is 1. The van der Waals surface area contributed by atoms with Gasteiger partial charge < -0.3 is 20.8 Å². The molecule has 188 valence electrons. The molecule has 0 aliphatic heterocycles. The SMILES string of the molecule is Nc1ncc(-c2ccc3nc(NC(=O)CCCCCNCc4ccccc4)cn3c2)cc1C(F)(F)F. The van der Waals surface area contributed by atoms with Crippen molar-refractivity contribution in [2.45, 2.75) is 38.4 Å². The van der Waals surface area contributed by atoms with Crippen LogP contribution in [-0.2, 0) is 17.5 Å². The molecule has 3 heterocycles. The lowest BCUT2D eigenvalue weighted by atomic mass is 10.1. The summed E-state index contributed by atoms with van der Waals surface area (Å²) < 4.78 is 41.2. The molecule has 1 aromatic carbocycles. The number of nitrogens with two attached hydrogens (primary N) is 1. The standard InChI is InChI=1S/C26H27F3N6O/c27-26(28,29)21-13-20(15-32-25(21)30)19-10-11-23-33-22(17-35(23)16-19)34-24(36)9-5-2-6-12-31-14-18-7-3-1-4-8-18/h1,3-4,7-8,10-11,13,15-17,31H,2,5-6,9,12,14H2,(H2,30,32)(H,34,36). The van der Waals surface area contributed by atoms with Gasteiger partial charge in [0.1, 0.15) is 11.5 Å². The van der Waals surface area contributed by atoms with Crippen molar-refractivity contribution >= 4 is 23.2 Å². The number of nitrogens with zero attached hydrogens (tertiary/aromatic N) is 3. The molecule has 0 fully saturated rings. The number of nitrogens with one attached hydrogen (secondary N) is 2. The largest absolute Gasteiger partial charge is 0.419 e. The minimum Gasteiger partial charge on any atom is -0.383 e. The number of hydrogen-bond acceptors (Lipinski definition) is 5. The zero-order chi connectivity index (χ0) is 25.5. The molecule has 0 saturated heterocycles. The topological polar surface area (TPSA) is 97.3 Å². The van der Waals surface area contributed by atoms with Gasteiger partial charge in [0.25, 0.3) is 0 Å². The van der Waals surface area contributed by atoms with Crippen molar-refractivity contribution < 1.29 is 18.0 Å². The van der Waals surface area contributed by atoms with Crippen LogP contribution in [0.3, 0.4) is 0 Å². The van der Waals surface area contributed by atoms with Crippen LogP contribution in [0.4, 0.5) is 24.8 Å². The second kappa shape index (κ2) is 11.2. The van der Waals surface area contributed by atoms with E-state index in [0.717, 1.165) is 38.4 Å². The smallest absolute Gasteiger partial charge is 0.383 e. The second-order valence-electron chi connectivity index (χ2n) is 8.49. The Bertz CT molecular complexity index is 1320. The first kappa shape index (κ1) is 25.2. The molecule has 0 aliphatic rings. The number of nitrogen functional groups attached to an aromatic ring is 1. The molecule has 10 heteroatoms. The van der Waals surface area contributed by atoms with Crippen molar-refractivity contribution in [3.8, 4) is 11.1 Å². The van der Waals surface area contributed by atoms with Gasteiger partial charge in [0, 0.05) is 36.5 Å². The summed E-state index contributed by atoms with van der Waals surface area (Å²) in [7, 11) is 0. The van der Waals surface area contributed by atoms with E-state index in [2.05, 4.69) is 32.7 Å². The number of unbranched alkanes of at least 4 members (excludes halogenated alkanes) is 2. The average molecular weight is 497 g/mol. The van der Waals surface area contributed by atoms with E-state index in [4.69, 9.17) is 5.73 Å². The molecule has 0 atom stereocenters. The van der Waals surface area contributed by atoms with Crippen LogP contribution in [0.25, 0.3) is 16.8 Å². The molecule has 36 heavy (non-hydrogen) atoms. The Kier molecular flexibility index (Phi) is 7.84. The molecule has 0 unspecified atom stereocenters. The Hall–Kier alpha value is -3.92. The lowest BCUT2D eigenvalue weighted by Crippen LogP contribution is -2.15. The third-order valence-corrected chi connectivity index (χ3v) is 5.71. The lowest BCUT2D eigenvalue weighted by Gasteiger charge is -2.11. The van der Waals surface area contributed by atoms with Crippen LogP contribution in [0, 0.1) is 0 Å². The molecule has 4 rings (SSSR count). The molecule has 4 aromatic rings. The molecule has 0 aliphatic carbocycles. The number of fused-ring (bicyclic) bond motifs is 1. The number of benzene rings is 1. The molecule has 0 spiro atoms. The minimum atomic E-state index is -4.59. The molecule has 0 bridgehead atoms. The first-order valence-electron chi connectivity index (χ1n) is 11.7. The van der Waals surface area contributed by atoms with Crippen molar-refractivity contribution in [1.29, 1.82) is 0 Å². The van der Waals surface area contributed by atoms with E-state index in [-0.39, 0.29) is 11.5 Å². The predicted octanol–water partition coefficient (Wildman–Crippen LogP) is 5.29. The number of rotatable bonds is 10. The maximum atomic E-state index is 13.2. The maximum Gasteiger partial charge on any atom is 0.419 e. The average Bonchev–Trinajstić information content (AvgIpc) is 3.25. The van der Waals surface area contributed by atoms with Crippen LogP contribution in [0.1, 0.15) is 36.8 Å². The lowest BCUT2D eigenvalue weighted by molar-refractivity contribution is -0.137. The molecule has 3 aromatic heterocycles. The van der Waals surface area contributed by atoms with Crippen LogP contribution in [0.5, 0.6) is 0 Å². The van der Waals surface area contributed by atoms with Gasteiger partial charge in [-0.05, 0) is 43.1 Å². The summed E-state index contributed by atoms with van der Waals surface area (Å²) in [6, 6.07) is 14.5. The van der Waals surface area contributed by atoms with Gasteiger partial charge in [-0.1, -0.05) is 36.8 Å². The summed E-state index contributed by atoms with van der Waals surface area (Å²) >= 11 is 0. The van der Waals surface area contributed by atoms with Crippen LogP contribution in [0.2, 0.25) is 0 Å². The van der Waals surface area contributed by atoms with E-state index in [1.807, 2.05) is 18.2 Å². The van der Waals surface area contributed by atoms with Crippen molar-refractivity contribution in [2.75, 3.05) is 17.6 Å². The fraction of sp³-hybridized carbons (Fsp3) is 0.269. The van der Waals surface area contributed by atoms with Crippen LogP contribution < -0.4 is 16.4 Å². The number of aromatic nitrogens is 3. The third-order valence-electron chi connectivity index (χ3n) is 5.71. The van der Waals surface area contributed by atoms with Crippen LogP contribution >= 0.6 is 0 Å². The van der Waals surface area contributed by atoms with Crippen LogP contribution in [0.15, 0.2) is 67.1 Å². The van der Waals surface area contributed by atoms with Crippen molar-refractivity contribution in [2.24, 2.45) is 0 Å². The fourth-order valence-electron chi connectivity index (χ4n) is 3.83. The number of carbonyl (C=O) groups is 1. The maximum absolute atomic E-state index is 13.2. The number of pyridine rings is 2. The Morgan fingerprint density at radius 2 is 1.81 bits per heavy atom. The van der Waals surface area contributed by atoms with Gasteiger partial charge in [-0.2, -0.15) is 13.2 Å². The number of anilines is 2. The van der Waals surface area contributed by atoms with Crippen molar-refractivity contribution in [3.63, 3.8) is 0 Å². The van der Waals surface area contributed by atoms with Crippen molar-refractivity contribution in [3.05, 3.63) is 78.2 Å². The Balaban J connectivity index is 1.27. The highest BCUT2D eigenvalue weighted by molar-refractivity contribution is 5.90. The van der Waals surface area contributed by atoms with E-state index in [1.54, 1.807) is 28.9 Å². The quantitative estimate of drug-likeness (QED) is 0.259. The fourth-order valence-corrected chi connectivity index (χ4v) is 3.83. The molecule has 0 radical (unpaired) electrons. The van der Waals surface area contributed by atoms with Crippen molar-refractivity contribution in [1.82, 2.24) is 19.7 Å². The number of alkyl halides is 3. The third kappa shape index (κ3) is 6.60. The van der Waals surface area contributed by atoms with Gasteiger partial charge in [-0.25, -0.2) is 9.97 Å². The second-order valence-corrected chi connectivity index (χ2v) is 8.49. The molecule has 1 amide bonds. The number of halogens is 3. The normalized spacial score (nSPS) is 11.6. The first-order valence-corrected chi connectivity index (χ1v) is 11.7. The van der Waals surface area contributed by atoms with Gasteiger partial charge in [-0.3, -0.25) is 4.79 Å². The van der Waals surface area contributed by atoms with Gasteiger partial charge in [-0.15, -0.1) is 0 Å².